The fraction of sp³-hybridized carbons (Fsp3) is 0.500. The molecule has 0 bridgehead atoms. The quantitative estimate of drug-likeness (QED) is 0.760. The Morgan fingerprint density at radius 2 is 2.00 bits per heavy atom. The van der Waals surface area contributed by atoms with Gasteiger partial charge in [-0.3, -0.25) is 4.90 Å². The summed E-state index contributed by atoms with van der Waals surface area (Å²) in [5, 5.41) is 0. The van der Waals surface area contributed by atoms with Gasteiger partial charge >= 0.3 is 0 Å². The highest BCUT2D eigenvalue weighted by Crippen LogP contribution is 2.03. The fourth-order valence-corrected chi connectivity index (χ4v) is 1.55. The molecule has 0 aromatic heterocycles. The summed E-state index contributed by atoms with van der Waals surface area (Å²) in [5.41, 5.74) is 6.89. The molecule has 3 heteroatoms. The van der Waals surface area contributed by atoms with Gasteiger partial charge in [0.2, 0.25) is 0 Å². The maximum atomic E-state index is 5.57. The van der Waals surface area contributed by atoms with E-state index >= 15 is 0 Å². The van der Waals surface area contributed by atoms with Crippen molar-refractivity contribution >= 4 is 0 Å². The number of hydrogen-bond donors (Lipinski definition) is 1. The predicted molar refractivity (Wildman–Crippen MR) is 62.6 cm³/mol. The van der Waals surface area contributed by atoms with Crippen LogP contribution in [0, 0.1) is 0 Å². The monoisotopic (exact) mass is 208 g/mol. The Hall–Kier alpha value is -0.900. The standard InChI is InChI=1S/C12H20N2O/c1-14(10-12(8-13)15-2)9-11-6-4-3-5-7-11/h3-7,12H,8-10,13H2,1-2H3. The zero-order chi connectivity index (χ0) is 11.1. The second-order valence-corrected chi connectivity index (χ2v) is 3.78. The lowest BCUT2D eigenvalue weighted by atomic mass is 10.2. The van der Waals surface area contributed by atoms with Gasteiger partial charge in [-0.2, -0.15) is 0 Å². The zero-order valence-corrected chi connectivity index (χ0v) is 9.52. The van der Waals surface area contributed by atoms with Crippen molar-refractivity contribution < 1.29 is 4.74 Å². The van der Waals surface area contributed by atoms with Crippen LogP contribution in [0.3, 0.4) is 0 Å². The van der Waals surface area contributed by atoms with Crippen molar-refractivity contribution in [3.8, 4) is 0 Å². The number of ether oxygens (including phenoxy) is 1. The molecule has 0 fully saturated rings. The number of hydrogen-bond acceptors (Lipinski definition) is 3. The summed E-state index contributed by atoms with van der Waals surface area (Å²) >= 11 is 0. The zero-order valence-electron chi connectivity index (χ0n) is 9.52. The first-order valence-electron chi connectivity index (χ1n) is 5.21. The van der Waals surface area contributed by atoms with E-state index in [2.05, 4.69) is 36.2 Å². The number of nitrogens with two attached hydrogens (primary N) is 1. The maximum absolute atomic E-state index is 5.57. The molecule has 1 rings (SSSR count). The Morgan fingerprint density at radius 3 is 2.53 bits per heavy atom. The van der Waals surface area contributed by atoms with Gasteiger partial charge in [0.1, 0.15) is 0 Å². The molecular weight excluding hydrogens is 188 g/mol. The highest BCUT2D eigenvalue weighted by Gasteiger charge is 2.08. The van der Waals surface area contributed by atoms with E-state index in [1.165, 1.54) is 5.56 Å². The number of rotatable bonds is 6. The molecule has 2 N–H and O–H groups in total. The SMILES string of the molecule is COC(CN)CN(C)Cc1ccccc1. The topological polar surface area (TPSA) is 38.5 Å². The predicted octanol–water partition coefficient (Wildman–Crippen LogP) is 1.09. The molecule has 1 aromatic rings. The van der Waals surface area contributed by atoms with Crippen molar-refractivity contribution in [2.45, 2.75) is 12.6 Å². The van der Waals surface area contributed by atoms with Crippen LogP contribution in [0.15, 0.2) is 30.3 Å². The minimum absolute atomic E-state index is 0.124. The molecule has 84 valence electrons. The Morgan fingerprint density at radius 1 is 1.33 bits per heavy atom. The average Bonchev–Trinajstić information content (AvgIpc) is 2.27. The van der Waals surface area contributed by atoms with Crippen LogP contribution in [0.25, 0.3) is 0 Å². The molecule has 3 nitrogen and oxygen atoms in total. The molecule has 0 aliphatic heterocycles. The third-order valence-electron chi connectivity index (χ3n) is 2.41. The Balaban J connectivity index is 2.39. The van der Waals surface area contributed by atoms with Gasteiger partial charge in [0.15, 0.2) is 0 Å². The van der Waals surface area contributed by atoms with E-state index in [-0.39, 0.29) is 6.10 Å². The van der Waals surface area contributed by atoms with Crippen LogP contribution in [-0.4, -0.2) is 38.3 Å². The molecular formula is C12H20N2O. The normalized spacial score (nSPS) is 13.1. The Labute approximate surface area is 91.8 Å². The molecule has 0 amide bonds. The highest BCUT2D eigenvalue weighted by atomic mass is 16.5. The second kappa shape index (κ2) is 6.56. The van der Waals surface area contributed by atoms with Gasteiger partial charge < -0.3 is 10.5 Å². The lowest BCUT2D eigenvalue weighted by Crippen LogP contribution is -2.35. The van der Waals surface area contributed by atoms with Crippen LogP contribution in [0.1, 0.15) is 5.56 Å². The van der Waals surface area contributed by atoms with E-state index in [4.69, 9.17) is 10.5 Å². The molecule has 0 heterocycles. The van der Waals surface area contributed by atoms with E-state index in [0.29, 0.717) is 6.54 Å². The molecule has 1 atom stereocenters. The lowest BCUT2D eigenvalue weighted by molar-refractivity contribution is 0.0761. The van der Waals surface area contributed by atoms with Gasteiger partial charge in [0, 0.05) is 26.7 Å². The third-order valence-corrected chi connectivity index (χ3v) is 2.41. The van der Waals surface area contributed by atoms with Crippen LogP contribution >= 0.6 is 0 Å². The van der Waals surface area contributed by atoms with Crippen molar-refractivity contribution in [2.75, 3.05) is 27.2 Å². The average molecular weight is 208 g/mol. The first-order valence-corrected chi connectivity index (χ1v) is 5.21. The molecule has 0 aliphatic carbocycles. The van der Waals surface area contributed by atoms with E-state index in [1.807, 2.05) is 6.07 Å². The van der Waals surface area contributed by atoms with Crippen LogP contribution in [-0.2, 0) is 11.3 Å². The molecule has 15 heavy (non-hydrogen) atoms. The van der Waals surface area contributed by atoms with E-state index in [0.717, 1.165) is 13.1 Å². The van der Waals surface area contributed by atoms with Crippen molar-refractivity contribution in [2.24, 2.45) is 5.73 Å². The first-order chi connectivity index (χ1) is 7.26. The fourth-order valence-electron chi connectivity index (χ4n) is 1.55. The minimum atomic E-state index is 0.124. The molecule has 1 aromatic carbocycles. The van der Waals surface area contributed by atoms with Crippen molar-refractivity contribution in [1.29, 1.82) is 0 Å². The van der Waals surface area contributed by atoms with Crippen LogP contribution < -0.4 is 5.73 Å². The Bertz CT molecular complexity index is 260. The summed E-state index contributed by atoms with van der Waals surface area (Å²) in [6.07, 6.45) is 0.124. The van der Waals surface area contributed by atoms with Gasteiger partial charge in [-0.1, -0.05) is 30.3 Å². The van der Waals surface area contributed by atoms with Gasteiger partial charge in [-0.05, 0) is 12.6 Å². The highest BCUT2D eigenvalue weighted by molar-refractivity contribution is 5.14. The molecule has 1 unspecified atom stereocenters. The maximum Gasteiger partial charge on any atom is 0.0820 e. The first kappa shape index (κ1) is 12.2. The number of benzene rings is 1. The lowest BCUT2D eigenvalue weighted by Gasteiger charge is -2.21. The smallest absolute Gasteiger partial charge is 0.0820 e. The van der Waals surface area contributed by atoms with Gasteiger partial charge in [0.25, 0.3) is 0 Å². The third kappa shape index (κ3) is 4.42. The largest absolute Gasteiger partial charge is 0.379 e. The summed E-state index contributed by atoms with van der Waals surface area (Å²) < 4.78 is 5.24. The molecule has 0 saturated carbocycles. The summed E-state index contributed by atoms with van der Waals surface area (Å²) in [5.74, 6) is 0. The minimum Gasteiger partial charge on any atom is -0.379 e. The summed E-state index contributed by atoms with van der Waals surface area (Å²) in [6.45, 7) is 2.36. The van der Waals surface area contributed by atoms with Crippen molar-refractivity contribution in [1.82, 2.24) is 4.90 Å². The summed E-state index contributed by atoms with van der Waals surface area (Å²) in [4.78, 5) is 2.22. The summed E-state index contributed by atoms with van der Waals surface area (Å²) in [7, 11) is 3.78. The van der Waals surface area contributed by atoms with E-state index in [1.54, 1.807) is 7.11 Å². The molecule has 0 saturated heterocycles. The van der Waals surface area contributed by atoms with Crippen LogP contribution in [0.5, 0.6) is 0 Å². The van der Waals surface area contributed by atoms with Crippen LogP contribution in [0.4, 0.5) is 0 Å². The van der Waals surface area contributed by atoms with E-state index < -0.39 is 0 Å². The van der Waals surface area contributed by atoms with Gasteiger partial charge in [0.05, 0.1) is 6.10 Å². The van der Waals surface area contributed by atoms with Crippen molar-refractivity contribution in [3.63, 3.8) is 0 Å². The van der Waals surface area contributed by atoms with Crippen LogP contribution in [0.2, 0.25) is 0 Å². The molecule has 0 aliphatic rings. The summed E-state index contributed by atoms with van der Waals surface area (Å²) in [6, 6.07) is 10.4. The van der Waals surface area contributed by atoms with Gasteiger partial charge in [-0.15, -0.1) is 0 Å². The molecule has 0 radical (unpaired) electrons. The van der Waals surface area contributed by atoms with Gasteiger partial charge in [-0.25, -0.2) is 0 Å². The number of likely N-dealkylation sites (N-methyl/N-ethyl adjacent to an activating group) is 1. The number of methoxy groups -OCH3 is 1. The second-order valence-electron chi connectivity index (χ2n) is 3.78. The van der Waals surface area contributed by atoms with Crippen molar-refractivity contribution in [3.05, 3.63) is 35.9 Å². The number of nitrogens with zero attached hydrogens (tertiary/aromatic N) is 1. The molecule has 0 spiro atoms. The van der Waals surface area contributed by atoms with E-state index in [9.17, 15) is 0 Å². The Kier molecular flexibility index (Phi) is 5.32.